The highest BCUT2D eigenvalue weighted by atomic mass is 16.6. The largest absolute Gasteiger partial charge is 0.445 e. The zero-order valence-corrected chi connectivity index (χ0v) is 16.6. The first-order valence-electron chi connectivity index (χ1n) is 9.30. The standard InChI is InChI=1S/C22H28N2O4/c1-22(2,3)28-20(25)23-15-19(14-17-10-6-4-7-11-17)24-21(26)27-16-18-12-8-5-9-13-18/h4-13,19H,14-16H2,1-3H3,(H,23,25)(H,24,26)/t19-/m1/s1. The highest BCUT2D eigenvalue weighted by Gasteiger charge is 2.19. The number of nitrogens with one attached hydrogen (secondary N) is 2. The summed E-state index contributed by atoms with van der Waals surface area (Å²) in [6, 6.07) is 18.9. The molecule has 0 spiro atoms. The molecule has 0 bridgehead atoms. The number of carbonyl (C=O) groups is 2. The highest BCUT2D eigenvalue weighted by Crippen LogP contribution is 2.08. The van der Waals surface area contributed by atoms with Crippen molar-refractivity contribution in [2.75, 3.05) is 6.54 Å². The van der Waals surface area contributed by atoms with Crippen LogP contribution in [0, 0.1) is 0 Å². The van der Waals surface area contributed by atoms with Crippen LogP contribution in [0.2, 0.25) is 0 Å². The summed E-state index contributed by atoms with van der Waals surface area (Å²) in [6.07, 6.45) is -0.502. The molecule has 2 amide bonds. The Morgan fingerprint density at radius 3 is 2.04 bits per heavy atom. The number of hydrogen-bond donors (Lipinski definition) is 2. The number of benzene rings is 2. The molecule has 6 heteroatoms. The van der Waals surface area contributed by atoms with Gasteiger partial charge in [-0.3, -0.25) is 0 Å². The molecule has 0 radical (unpaired) electrons. The molecule has 2 aromatic carbocycles. The lowest BCUT2D eigenvalue weighted by atomic mass is 10.1. The van der Waals surface area contributed by atoms with E-state index < -0.39 is 17.8 Å². The lowest BCUT2D eigenvalue weighted by molar-refractivity contribution is 0.0520. The van der Waals surface area contributed by atoms with Crippen LogP contribution >= 0.6 is 0 Å². The fraction of sp³-hybridized carbons (Fsp3) is 0.364. The van der Waals surface area contributed by atoms with Crippen molar-refractivity contribution in [3.8, 4) is 0 Å². The summed E-state index contributed by atoms with van der Waals surface area (Å²) < 4.78 is 10.5. The SMILES string of the molecule is CC(C)(C)OC(=O)NC[C@@H](Cc1ccccc1)NC(=O)OCc1ccccc1. The molecule has 28 heavy (non-hydrogen) atoms. The second-order valence-electron chi connectivity index (χ2n) is 7.48. The Balaban J connectivity index is 1.91. The van der Waals surface area contributed by atoms with Crippen molar-refractivity contribution in [3.05, 3.63) is 71.8 Å². The van der Waals surface area contributed by atoms with Gasteiger partial charge in [0.2, 0.25) is 0 Å². The molecule has 0 saturated carbocycles. The van der Waals surface area contributed by atoms with E-state index in [4.69, 9.17) is 9.47 Å². The second kappa shape index (κ2) is 10.3. The van der Waals surface area contributed by atoms with Crippen LogP contribution in [0.4, 0.5) is 9.59 Å². The van der Waals surface area contributed by atoms with E-state index in [0.29, 0.717) is 6.42 Å². The van der Waals surface area contributed by atoms with E-state index >= 15 is 0 Å². The summed E-state index contributed by atoms with van der Waals surface area (Å²) in [7, 11) is 0. The molecule has 1 atom stereocenters. The van der Waals surface area contributed by atoms with E-state index in [2.05, 4.69) is 10.6 Å². The quantitative estimate of drug-likeness (QED) is 0.755. The number of alkyl carbamates (subject to hydrolysis) is 2. The minimum atomic E-state index is -0.582. The van der Waals surface area contributed by atoms with E-state index in [9.17, 15) is 9.59 Å². The first kappa shape index (κ1) is 21.3. The number of amides is 2. The summed E-state index contributed by atoms with van der Waals surface area (Å²) in [6.45, 7) is 5.81. The van der Waals surface area contributed by atoms with Crippen LogP contribution in [-0.2, 0) is 22.5 Å². The molecule has 0 unspecified atom stereocenters. The molecular weight excluding hydrogens is 356 g/mol. The van der Waals surface area contributed by atoms with E-state index in [1.165, 1.54) is 0 Å². The topological polar surface area (TPSA) is 76.7 Å². The van der Waals surface area contributed by atoms with Crippen molar-refractivity contribution in [1.82, 2.24) is 10.6 Å². The number of carbonyl (C=O) groups excluding carboxylic acids is 2. The van der Waals surface area contributed by atoms with Gasteiger partial charge in [-0.05, 0) is 38.3 Å². The van der Waals surface area contributed by atoms with Crippen LogP contribution in [0.25, 0.3) is 0 Å². The fourth-order valence-electron chi connectivity index (χ4n) is 2.53. The van der Waals surface area contributed by atoms with Gasteiger partial charge in [-0.25, -0.2) is 9.59 Å². The van der Waals surface area contributed by atoms with Crippen molar-refractivity contribution in [3.63, 3.8) is 0 Å². The molecule has 0 saturated heterocycles. The van der Waals surface area contributed by atoms with Gasteiger partial charge in [-0.2, -0.15) is 0 Å². The fourth-order valence-corrected chi connectivity index (χ4v) is 2.53. The normalized spacial score (nSPS) is 12.0. The van der Waals surface area contributed by atoms with Crippen LogP contribution in [-0.4, -0.2) is 30.4 Å². The zero-order valence-electron chi connectivity index (χ0n) is 16.6. The van der Waals surface area contributed by atoms with Gasteiger partial charge in [0, 0.05) is 6.54 Å². The monoisotopic (exact) mass is 384 g/mol. The molecule has 2 rings (SSSR count). The van der Waals surface area contributed by atoms with Gasteiger partial charge in [0.25, 0.3) is 0 Å². The average Bonchev–Trinajstić information content (AvgIpc) is 2.65. The molecule has 6 nitrogen and oxygen atoms in total. The van der Waals surface area contributed by atoms with Crippen LogP contribution < -0.4 is 10.6 Å². The lowest BCUT2D eigenvalue weighted by Gasteiger charge is -2.22. The molecule has 2 N–H and O–H groups in total. The van der Waals surface area contributed by atoms with E-state index in [0.717, 1.165) is 11.1 Å². The maximum absolute atomic E-state index is 12.2. The number of hydrogen-bond acceptors (Lipinski definition) is 4. The van der Waals surface area contributed by atoms with Crippen molar-refractivity contribution in [1.29, 1.82) is 0 Å². The first-order chi connectivity index (χ1) is 13.3. The average molecular weight is 384 g/mol. The molecule has 0 fully saturated rings. The van der Waals surface area contributed by atoms with Gasteiger partial charge < -0.3 is 20.1 Å². The maximum atomic E-state index is 12.2. The van der Waals surface area contributed by atoms with Gasteiger partial charge in [0.1, 0.15) is 12.2 Å². The minimum absolute atomic E-state index is 0.185. The van der Waals surface area contributed by atoms with Gasteiger partial charge in [-0.1, -0.05) is 60.7 Å². The van der Waals surface area contributed by atoms with Crippen LogP contribution in [0.5, 0.6) is 0 Å². The van der Waals surface area contributed by atoms with Gasteiger partial charge in [-0.15, -0.1) is 0 Å². The van der Waals surface area contributed by atoms with Gasteiger partial charge >= 0.3 is 12.2 Å². The Morgan fingerprint density at radius 1 is 0.893 bits per heavy atom. The van der Waals surface area contributed by atoms with Crippen molar-refractivity contribution in [2.45, 2.75) is 45.4 Å². The smallest absolute Gasteiger partial charge is 0.407 e. The summed E-state index contributed by atoms with van der Waals surface area (Å²) in [5.74, 6) is 0. The predicted molar refractivity (Wildman–Crippen MR) is 108 cm³/mol. The number of rotatable bonds is 7. The summed E-state index contributed by atoms with van der Waals surface area (Å²) in [5, 5.41) is 5.53. The van der Waals surface area contributed by atoms with E-state index in [1.54, 1.807) is 20.8 Å². The van der Waals surface area contributed by atoms with E-state index in [-0.39, 0.29) is 19.2 Å². The Labute approximate surface area is 166 Å². The maximum Gasteiger partial charge on any atom is 0.407 e. The molecule has 0 heterocycles. The molecular formula is C22H28N2O4. The molecule has 2 aromatic rings. The number of ether oxygens (including phenoxy) is 2. The molecule has 0 aliphatic heterocycles. The summed E-state index contributed by atoms with van der Waals surface area (Å²) >= 11 is 0. The zero-order chi connectivity index (χ0) is 20.4. The van der Waals surface area contributed by atoms with Crippen LogP contribution in [0.1, 0.15) is 31.9 Å². The Kier molecular flexibility index (Phi) is 7.87. The van der Waals surface area contributed by atoms with Crippen LogP contribution in [0.15, 0.2) is 60.7 Å². The molecule has 0 aromatic heterocycles. The lowest BCUT2D eigenvalue weighted by Crippen LogP contribution is -2.46. The Hall–Kier alpha value is -3.02. The van der Waals surface area contributed by atoms with Crippen molar-refractivity contribution < 1.29 is 19.1 Å². The summed E-state index contributed by atoms with van der Waals surface area (Å²) in [4.78, 5) is 24.1. The third-order valence-electron chi connectivity index (χ3n) is 3.75. The van der Waals surface area contributed by atoms with Crippen molar-refractivity contribution >= 4 is 12.2 Å². The first-order valence-corrected chi connectivity index (χ1v) is 9.30. The summed E-state index contributed by atoms with van der Waals surface area (Å²) in [5.41, 5.74) is 1.37. The van der Waals surface area contributed by atoms with Crippen LogP contribution in [0.3, 0.4) is 0 Å². The van der Waals surface area contributed by atoms with Gasteiger partial charge in [0.05, 0.1) is 6.04 Å². The highest BCUT2D eigenvalue weighted by molar-refractivity contribution is 5.69. The Bertz CT molecular complexity index is 742. The van der Waals surface area contributed by atoms with E-state index in [1.807, 2.05) is 60.7 Å². The van der Waals surface area contributed by atoms with Gasteiger partial charge in [0.15, 0.2) is 0 Å². The predicted octanol–water partition coefficient (Wildman–Crippen LogP) is 4.05. The minimum Gasteiger partial charge on any atom is -0.445 e. The molecule has 150 valence electrons. The molecule has 0 aliphatic rings. The Morgan fingerprint density at radius 2 is 1.46 bits per heavy atom. The van der Waals surface area contributed by atoms with Crippen molar-refractivity contribution in [2.24, 2.45) is 0 Å². The molecule has 0 aliphatic carbocycles. The third kappa shape index (κ3) is 8.58. The third-order valence-corrected chi connectivity index (χ3v) is 3.75. The second-order valence-corrected chi connectivity index (χ2v) is 7.48.